The average Bonchev–Trinajstić information content (AvgIpc) is 2.70. The Morgan fingerprint density at radius 1 is 1.50 bits per heavy atom. The normalized spacial score (nSPS) is 13.7. The van der Waals surface area contributed by atoms with Crippen molar-refractivity contribution in [3.63, 3.8) is 0 Å². The van der Waals surface area contributed by atoms with Crippen molar-refractivity contribution in [1.29, 1.82) is 0 Å². The number of halogens is 1. The molecule has 0 aromatic heterocycles. The lowest BCUT2D eigenvalue weighted by molar-refractivity contribution is 0.412. The molecule has 0 amide bonds. The number of nitrogens with one attached hydrogen (secondary N) is 1. The topological polar surface area (TPSA) is 60.1 Å². The fraction of sp³-hybridized carbons (Fsp3) is 0.125. The maximum absolute atomic E-state index is 5.11. The first-order valence-corrected chi connectivity index (χ1v) is 4.68. The summed E-state index contributed by atoms with van der Waals surface area (Å²) >= 11 is 3.39. The zero-order valence-electron chi connectivity index (χ0n) is 7.36. The van der Waals surface area contributed by atoms with Crippen LogP contribution in [0.4, 0.5) is 0 Å². The van der Waals surface area contributed by atoms with Crippen molar-refractivity contribution >= 4 is 21.8 Å². The van der Waals surface area contributed by atoms with Crippen molar-refractivity contribution in [2.75, 3.05) is 7.11 Å². The first-order valence-electron chi connectivity index (χ1n) is 3.89. The largest absolute Gasteiger partial charge is 0.496 e. The minimum absolute atomic E-state index is 0.633. The number of amidine groups is 1. The van der Waals surface area contributed by atoms with E-state index >= 15 is 0 Å². The molecule has 1 aliphatic rings. The highest BCUT2D eigenvalue weighted by Crippen LogP contribution is 2.25. The SMILES string of the molecule is COc1ccc(C2=NN=[N+]N2)cc1Br. The molecule has 0 unspecified atom stereocenters. The quantitative estimate of drug-likeness (QED) is 0.868. The zero-order chi connectivity index (χ0) is 9.97. The molecule has 1 heterocycles. The van der Waals surface area contributed by atoms with E-state index in [2.05, 4.69) is 36.9 Å². The Morgan fingerprint density at radius 3 is 2.93 bits per heavy atom. The Balaban J connectivity index is 2.33. The van der Waals surface area contributed by atoms with Crippen LogP contribution in [-0.4, -0.2) is 12.9 Å². The van der Waals surface area contributed by atoms with E-state index in [1.165, 1.54) is 0 Å². The molecule has 1 radical (unpaired) electrons. The van der Waals surface area contributed by atoms with Crippen LogP contribution < -0.4 is 15.4 Å². The van der Waals surface area contributed by atoms with E-state index in [0.717, 1.165) is 15.8 Å². The molecule has 71 valence electrons. The molecule has 0 saturated carbocycles. The van der Waals surface area contributed by atoms with Gasteiger partial charge in [0, 0.05) is 0 Å². The average molecular weight is 255 g/mol. The van der Waals surface area contributed by atoms with Crippen LogP contribution in [0.25, 0.3) is 0 Å². The van der Waals surface area contributed by atoms with Crippen LogP contribution in [0.1, 0.15) is 5.56 Å². The molecular weight excluding hydrogens is 248 g/mol. The molecule has 5 nitrogen and oxygen atoms in total. The van der Waals surface area contributed by atoms with Crippen LogP contribution in [0.3, 0.4) is 0 Å². The van der Waals surface area contributed by atoms with Crippen LogP contribution in [0.15, 0.2) is 33.0 Å². The Morgan fingerprint density at radius 2 is 2.36 bits per heavy atom. The number of rotatable bonds is 2. The fourth-order valence-electron chi connectivity index (χ4n) is 1.10. The molecule has 0 saturated heterocycles. The Kier molecular flexibility index (Phi) is 2.45. The van der Waals surface area contributed by atoms with Gasteiger partial charge >= 0.3 is 5.84 Å². The van der Waals surface area contributed by atoms with Crippen molar-refractivity contribution in [3.8, 4) is 5.75 Å². The first-order chi connectivity index (χ1) is 6.81. The van der Waals surface area contributed by atoms with Gasteiger partial charge in [0.2, 0.25) is 5.22 Å². The minimum atomic E-state index is 0.633. The molecule has 14 heavy (non-hydrogen) atoms. The van der Waals surface area contributed by atoms with Gasteiger partial charge in [-0.1, -0.05) is 0 Å². The molecule has 1 aromatic carbocycles. The smallest absolute Gasteiger partial charge is 0.316 e. The number of hydrogen-bond donors (Lipinski definition) is 1. The van der Waals surface area contributed by atoms with Crippen LogP contribution in [0, 0.1) is 0 Å². The maximum atomic E-state index is 5.11. The van der Waals surface area contributed by atoms with Crippen molar-refractivity contribution in [2.24, 2.45) is 10.3 Å². The van der Waals surface area contributed by atoms with E-state index < -0.39 is 0 Å². The van der Waals surface area contributed by atoms with E-state index in [9.17, 15) is 0 Å². The molecule has 1 aliphatic heterocycles. The number of benzene rings is 1. The maximum Gasteiger partial charge on any atom is 0.316 e. The molecule has 2 rings (SSSR count). The second-order valence-corrected chi connectivity index (χ2v) is 3.45. The van der Waals surface area contributed by atoms with Crippen molar-refractivity contribution < 1.29 is 4.74 Å². The van der Waals surface area contributed by atoms with E-state index in [1.807, 2.05) is 18.2 Å². The van der Waals surface area contributed by atoms with Crippen LogP contribution in [-0.2, 0) is 0 Å². The van der Waals surface area contributed by atoms with Gasteiger partial charge in [-0.25, -0.2) is 0 Å². The fourth-order valence-corrected chi connectivity index (χ4v) is 1.64. The Bertz CT molecular complexity index is 416. The summed E-state index contributed by atoms with van der Waals surface area (Å²) < 4.78 is 5.98. The van der Waals surface area contributed by atoms with Crippen LogP contribution >= 0.6 is 15.9 Å². The highest BCUT2D eigenvalue weighted by atomic mass is 79.9. The lowest BCUT2D eigenvalue weighted by Gasteiger charge is -2.02. The second-order valence-electron chi connectivity index (χ2n) is 2.60. The predicted octanol–water partition coefficient (Wildman–Crippen LogP) is 1.43. The second kappa shape index (κ2) is 3.75. The number of ether oxygens (including phenoxy) is 1. The Hall–Kier alpha value is -1.43. The summed E-state index contributed by atoms with van der Waals surface area (Å²) in [5, 5.41) is 10.8. The molecular formula is C8H7BrN4O+. The third-order valence-corrected chi connectivity index (χ3v) is 2.39. The van der Waals surface area contributed by atoms with Crippen molar-refractivity contribution in [2.45, 2.75) is 0 Å². The van der Waals surface area contributed by atoms with Gasteiger partial charge in [0.15, 0.2) is 5.22 Å². The standard InChI is InChI=1S/C8H7BrN4O/c1-14-7-3-2-5(4-6(7)9)8-10-12-13-11-8/h2-4H,1H3,(H,10,11,12)/q+1. The van der Waals surface area contributed by atoms with E-state index in [-0.39, 0.29) is 0 Å². The van der Waals surface area contributed by atoms with Gasteiger partial charge in [-0.2, -0.15) is 0 Å². The molecule has 6 heteroatoms. The van der Waals surface area contributed by atoms with Gasteiger partial charge in [0.1, 0.15) is 10.9 Å². The third-order valence-electron chi connectivity index (χ3n) is 1.77. The summed E-state index contributed by atoms with van der Waals surface area (Å²) in [7, 11) is 1.62. The summed E-state index contributed by atoms with van der Waals surface area (Å²) in [5.74, 6) is 1.41. The van der Waals surface area contributed by atoms with E-state index in [0.29, 0.717) is 5.84 Å². The van der Waals surface area contributed by atoms with Crippen LogP contribution in [0.5, 0.6) is 5.75 Å². The first kappa shape index (κ1) is 9.14. The molecule has 0 bridgehead atoms. The van der Waals surface area contributed by atoms with Gasteiger partial charge < -0.3 is 4.74 Å². The highest BCUT2D eigenvalue weighted by molar-refractivity contribution is 9.10. The number of nitrogens with zero attached hydrogens (tertiary/aromatic N) is 3. The molecule has 0 fully saturated rings. The third kappa shape index (κ3) is 1.60. The number of methoxy groups -OCH3 is 1. The summed E-state index contributed by atoms with van der Waals surface area (Å²) in [6.07, 6.45) is 0. The summed E-state index contributed by atoms with van der Waals surface area (Å²) in [5.41, 5.74) is 3.59. The number of hydrogen-bond acceptors (Lipinski definition) is 5. The summed E-state index contributed by atoms with van der Waals surface area (Å²) in [4.78, 5) is 0. The van der Waals surface area contributed by atoms with Crippen molar-refractivity contribution in [3.05, 3.63) is 28.2 Å². The van der Waals surface area contributed by atoms with E-state index in [4.69, 9.17) is 4.74 Å². The Labute approximate surface area is 89.0 Å². The van der Waals surface area contributed by atoms with Gasteiger partial charge in [0.05, 0.1) is 17.1 Å². The molecule has 1 aromatic rings. The summed E-state index contributed by atoms with van der Waals surface area (Å²) in [6, 6.07) is 5.62. The molecule has 0 aliphatic carbocycles. The van der Waals surface area contributed by atoms with Gasteiger partial charge in [-0.3, -0.25) is 0 Å². The minimum Gasteiger partial charge on any atom is -0.496 e. The van der Waals surface area contributed by atoms with Gasteiger partial charge in [-0.05, 0) is 34.1 Å². The monoisotopic (exact) mass is 254 g/mol. The van der Waals surface area contributed by atoms with Crippen molar-refractivity contribution in [1.82, 2.24) is 10.6 Å². The van der Waals surface area contributed by atoms with Crippen LogP contribution in [0.2, 0.25) is 0 Å². The zero-order valence-corrected chi connectivity index (χ0v) is 8.95. The molecule has 1 N–H and O–H groups in total. The van der Waals surface area contributed by atoms with Gasteiger partial charge in [0.25, 0.3) is 0 Å². The lowest BCUT2D eigenvalue weighted by atomic mass is 10.2. The van der Waals surface area contributed by atoms with Gasteiger partial charge in [-0.15, -0.1) is 5.43 Å². The molecule has 0 atom stereocenters. The molecule has 0 spiro atoms. The predicted molar refractivity (Wildman–Crippen MR) is 54.9 cm³/mol. The lowest BCUT2D eigenvalue weighted by Crippen LogP contribution is -2.20. The summed E-state index contributed by atoms with van der Waals surface area (Å²) in [6.45, 7) is 0. The van der Waals surface area contributed by atoms with E-state index in [1.54, 1.807) is 7.11 Å². The highest BCUT2D eigenvalue weighted by Gasteiger charge is 2.18.